The lowest BCUT2D eigenvalue weighted by Gasteiger charge is -2.39. The van der Waals surface area contributed by atoms with Gasteiger partial charge in [0.05, 0.1) is 19.3 Å². The van der Waals surface area contributed by atoms with E-state index in [9.17, 15) is 8.42 Å². The molecule has 3 N–H and O–H groups in total. The van der Waals surface area contributed by atoms with Crippen LogP contribution >= 0.6 is 0 Å². The Morgan fingerprint density at radius 2 is 1.60 bits per heavy atom. The minimum atomic E-state index is -3.38. The van der Waals surface area contributed by atoms with Crippen molar-refractivity contribution in [1.82, 2.24) is 13.5 Å². The van der Waals surface area contributed by atoms with E-state index in [1.807, 2.05) is 11.8 Å². The van der Waals surface area contributed by atoms with Crippen molar-refractivity contribution in [2.75, 3.05) is 52.5 Å². The molecule has 0 amide bonds. The number of nitrogens with zero attached hydrogens (tertiary/aromatic N) is 3. The van der Waals surface area contributed by atoms with E-state index in [0.717, 1.165) is 0 Å². The molecule has 2 fully saturated rings. The van der Waals surface area contributed by atoms with Gasteiger partial charge in [-0.1, -0.05) is 0 Å². The summed E-state index contributed by atoms with van der Waals surface area (Å²) in [6.07, 6.45) is 0. The van der Waals surface area contributed by atoms with Gasteiger partial charge in [-0.3, -0.25) is 10.3 Å². The SMILES string of the molecule is CC(C(=N)N)N1CCN(S(=O)(=O)N2CCOCC2)CC1. The van der Waals surface area contributed by atoms with Crippen molar-refractivity contribution in [2.45, 2.75) is 13.0 Å². The van der Waals surface area contributed by atoms with Gasteiger partial charge in [0.15, 0.2) is 0 Å². The van der Waals surface area contributed by atoms with E-state index in [2.05, 4.69) is 0 Å². The summed E-state index contributed by atoms with van der Waals surface area (Å²) in [7, 11) is -3.38. The predicted octanol–water partition coefficient (Wildman–Crippen LogP) is -1.49. The predicted molar refractivity (Wildman–Crippen MR) is 75.8 cm³/mol. The van der Waals surface area contributed by atoms with Crippen LogP contribution in [0.2, 0.25) is 0 Å². The average Bonchev–Trinajstić information content (AvgIpc) is 2.47. The minimum absolute atomic E-state index is 0.120. The second-order valence-corrected chi connectivity index (χ2v) is 7.01. The molecule has 20 heavy (non-hydrogen) atoms. The van der Waals surface area contributed by atoms with E-state index in [4.69, 9.17) is 15.9 Å². The molecule has 0 bridgehead atoms. The fraction of sp³-hybridized carbons (Fsp3) is 0.909. The Hall–Kier alpha value is -0.740. The number of morpholine rings is 1. The molecule has 2 aliphatic rings. The number of hydrogen-bond donors (Lipinski definition) is 2. The molecule has 116 valence electrons. The third-order valence-electron chi connectivity index (χ3n) is 3.89. The third-order valence-corrected chi connectivity index (χ3v) is 5.93. The summed E-state index contributed by atoms with van der Waals surface area (Å²) in [4.78, 5) is 2.04. The van der Waals surface area contributed by atoms with Gasteiger partial charge in [-0.25, -0.2) is 0 Å². The van der Waals surface area contributed by atoms with Gasteiger partial charge in [0.2, 0.25) is 0 Å². The van der Waals surface area contributed by atoms with Crippen molar-refractivity contribution >= 4 is 16.0 Å². The Balaban J connectivity index is 1.94. The smallest absolute Gasteiger partial charge is 0.282 e. The number of rotatable bonds is 4. The molecular weight excluding hydrogens is 282 g/mol. The number of nitrogens with one attached hydrogen (secondary N) is 1. The molecule has 8 nitrogen and oxygen atoms in total. The van der Waals surface area contributed by atoms with Crippen molar-refractivity contribution in [2.24, 2.45) is 5.73 Å². The van der Waals surface area contributed by atoms with Gasteiger partial charge in [0.25, 0.3) is 10.2 Å². The molecule has 2 saturated heterocycles. The average molecular weight is 305 g/mol. The quantitative estimate of drug-likeness (QED) is 0.486. The highest BCUT2D eigenvalue weighted by Gasteiger charge is 2.34. The van der Waals surface area contributed by atoms with Crippen molar-refractivity contribution < 1.29 is 13.2 Å². The Morgan fingerprint density at radius 3 is 2.10 bits per heavy atom. The molecule has 0 aliphatic carbocycles. The van der Waals surface area contributed by atoms with Gasteiger partial charge >= 0.3 is 0 Å². The second-order valence-electron chi connectivity index (χ2n) is 5.09. The lowest BCUT2D eigenvalue weighted by molar-refractivity contribution is 0.0682. The van der Waals surface area contributed by atoms with Crippen molar-refractivity contribution in [3.05, 3.63) is 0 Å². The van der Waals surface area contributed by atoms with Crippen LogP contribution in [-0.2, 0) is 14.9 Å². The van der Waals surface area contributed by atoms with Gasteiger partial charge in [-0.05, 0) is 6.92 Å². The first-order valence-electron chi connectivity index (χ1n) is 6.84. The van der Waals surface area contributed by atoms with Crippen LogP contribution in [-0.4, -0.2) is 86.3 Å². The Bertz CT molecular complexity index is 441. The number of amidine groups is 1. The Morgan fingerprint density at radius 1 is 1.10 bits per heavy atom. The lowest BCUT2D eigenvalue weighted by Crippen LogP contribution is -2.57. The Kier molecular flexibility index (Phi) is 4.97. The molecule has 2 aliphatic heterocycles. The minimum Gasteiger partial charge on any atom is -0.386 e. The zero-order valence-corrected chi connectivity index (χ0v) is 12.6. The lowest BCUT2D eigenvalue weighted by atomic mass is 10.2. The summed E-state index contributed by atoms with van der Waals surface area (Å²) in [6, 6.07) is -0.136. The largest absolute Gasteiger partial charge is 0.386 e. The summed E-state index contributed by atoms with van der Waals surface area (Å²) in [5, 5.41) is 7.45. The molecule has 0 aromatic carbocycles. The van der Waals surface area contributed by atoms with Crippen LogP contribution in [0.1, 0.15) is 6.92 Å². The molecule has 9 heteroatoms. The molecule has 0 aromatic rings. The third kappa shape index (κ3) is 3.29. The molecule has 1 atom stereocenters. The topological polar surface area (TPSA) is 103 Å². The standard InChI is InChI=1S/C11H23N5O3S/c1-10(11(12)13)14-2-4-15(5-3-14)20(17,18)16-6-8-19-9-7-16/h10H,2-9H2,1H3,(H3,12,13). The summed E-state index contributed by atoms with van der Waals surface area (Å²) < 4.78 is 33.1. The molecular formula is C11H23N5O3S. The van der Waals surface area contributed by atoms with Gasteiger partial charge < -0.3 is 10.5 Å². The highest BCUT2D eigenvalue weighted by Crippen LogP contribution is 2.15. The van der Waals surface area contributed by atoms with Gasteiger partial charge in [0.1, 0.15) is 5.84 Å². The van der Waals surface area contributed by atoms with Crippen LogP contribution in [0, 0.1) is 5.41 Å². The van der Waals surface area contributed by atoms with E-state index in [1.165, 1.54) is 8.61 Å². The second kappa shape index (κ2) is 6.35. The van der Waals surface area contributed by atoms with E-state index >= 15 is 0 Å². The maximum atomic E-state index is 12.5. The van der Waals surface area contributed by atoms with Gasteiger partial charge in [-0.2, -0.15) is 17.0 Å². The number of ether oxygens (including phenoxy) is 1. The number of nitrogens with two attached hydrogens (primary N) is 1. The molecule has 0 aromatic heterocycles. The monoisotopic (exact) mass is 305 g/mol. The van der Waals surface area contributed by atoms with E-state index in [1.54, 1.807) is 0 Å². The first-order valence-corrected chi connectivity index (χ1v) is 8.23. The van der Waals surface area contributed by atoms with E-state index in [0.29, 0.717) is 52.5 Å². The maximum absolute atomic E-state index is 12.5. The van der Waals surface area contributed by atoms with Crippen molar-refractivity contribution in [1.29, 1.82) is 5.41 Å². The van der Waals surface area contributed by atoms with Crippen LogP contribution in [0.4, 0.5) is 0 Å². The number of piperazine rings is 1. The van der Waals surface area contributed by atoms with Crippen molar-refractivity contribution in [3.8, 4) is 0 Å². The van der Waals surface area contributed by atoms with Crippen LogP contribution in [0.15, 0.2) is 0 Å². The van der Waals surface area contributed by atoms with Crippen LogP contribution in [0.25, 0.3) is 0 Å². The summed E-state index contributed by atoms with van der Waals surface area (Å²) in [5.74, 6) is 0.120. The summed E-state index contributed by atoms with van der Waals surface area (Å²) in [5.41, 5.74) is 5.49. The van der Waals surface area contributed by atoms with Crippen molar-refractivity contribution in [3.63, 3.8) is 0 Å². The normalized spacial score (nSPS) is 25.4. The molecule has 0 spiro atoms. The zero-order chi connectivity index (χ0) is 14.8. The molecule has 0 radical (unpaired) electrons. The van der Waals surface area contributed by atoms with Gasteiger partial charge in [-0.15, -0.1) is 0 Å². The fourth-order valence-electron chi connectivity index (χ4n) is 2.46. The summed E-state index contributed by atoms with van der Waals surface area (Å²) in [6.45, 7) is 5.72. The van der Waals surface area contributed by atoms with Crippen LogP contribution < -0.4 is 5.73 Å². The molecule has 2 rings (SSSR count). The first-order chi connectivity index (χ1) is 9.43. The highest BCUT2D eigenvalue weighted by molar-refractivity contribution is 7.86. The van der Waals surface area contributed by atoms with Crippen LogP contribution in [0.3, 0.4) is 0 Å². The molecule has 1 unspecified atom stereocenters. The highest BCUT2D eigenvalue weighted by atomic mass is 32.2. The molecule has 2 heterocycles. The first kappa shape index (κ1) is 15.6. The van der Waals surface area contributed by atoms with Crippen LogP contribution in [0.5, 0.6) is 0 Å². The van der Waals surface area contributed by atoms with E-state index < -0.39 is 10.2 Å². The van der Waals surface area contributed by atoms with E-state index in [-0.39, 0.29) is 11.9 Å². The molecule has 0 saturated carbocycles. The fourth-order valence-corrected chi connectivity index (χ4v) is 4.02. The Labute approximate surface area is 120 Å². The zero-order valence-electron chi connectivity index (χ0n) is 11.8. The summed E-state index contributed by atoms with van der Waals surface area (Å²) >= 11 is 0. The number of hydrogen-bond acceptors (Lipinski definition) is 5. The maximum Gasteiger partial charge on any atom is 0.282 e. The van der Waals surface area contributed by atoms with Gasteiger partial charge in [0, 0.05) is 39.3 Å².